The number of ether oxygens (including phenoxy) is 2. The van der Waals surface area contributed by atoms with E-state index in [2.05, 4.69) is 10.5 Å². The van der Waals surface area contributed by atoms with Crippen molar-refractivity contribution in [3.05, 3.63) is 53.6 Å². The number of carboxylic acids is 1. The van der Waals surface area contributed by atoms with Crippen LogP contribution in [-0.2, 0) is 11.0 Å². The molecule has 2 aromatic rings. The molecule has 0 aromatic heterocycles. The lowest BCUT2D eigenvalue weighted by Crippen LogP contribution is -2.19. The van der Waals surface area contributed by atoms with Gasteiger partial charge in [0.15, 0.2) is 0 Å². The molecule has 7 nitrogen and oxygen atoms in total. The van der Waals surface area contributed by atoms with Crippen LogP contribution in [0.15, 0.2) is 47.6 Å². The maximum Gasteiger partial charge on any atom is 0.416 e. The fourth-order valence-corrected chi connectivity index (χ4v) is 2.94. The molecule has 0 fully saturated rings. The highest BCUT2D eigenvalue weighted by atomic mass is 19.4. The van der Waals surface area contributed by atoms with Crippen molar-refractivity contribution in [3.8, 4) is 11.5 Å². The normalized spacial score (nSPS) is 15.7. The Morgan fingerprint density at radius 2 is 2.00 bits per heavy atom. The van der Waals surface area contributed by atoms with E-state index in [9.17, 15) is 18.0 Å². The van der Waals surface area contributed by atoms with Gasteiger partial charge >= 0.3 is 12.1 Å². The predicted molar refractivity (Wildman–Crippen MR) is 108 cm³/mol. The highest BCUT2D eigenvalue weighted by Gasteiger charge is 2.30. The fourth-order valence-electron chi connectivity index (χ4n) is 2.94. The Morgan fingerprint density at radius 3 is 2.65 bits per heavy atom. The largest absolute Gasteiger partial charge is 0.492 e. The average molecular weight is 435 g/mol. The third kappa shape index (κ3) is 5.74. The van der Waals surface area contributed by atoms with Gasteiger partial charge in [0.05, 0.1) is 35.7 Å². The lowest BCUT2D eigenvalue weighted by Gasteiger charge is -2.10. The third-order valence-corrected chi connectivity index (χ3v) is 4.67. The van der Waals surface area contributed by atoms with Crippen LogP contribution < -0.4 is 14.9 Å². The molecule has 31 heavy (non-hydrogen) atoms. The Labute approximate surface area is 176 Å². The molecule has 0 spiro atoms. The molecule has 0 saturated carbocycles. The van der Waals surface area contributed by atoms with Crippen molar-refractivity contribution in [2.75, 3.05) is 18.6 Å². The molecule has 1 atom stereocenters. The summed E-state index contributed by atoms with van der Waals surface area (Å²) < 4.78 is 48.9. The van der Waals surface area contributed by atoms with Gasteiger partial charge in [0.25, 0.3) is 0 Å². The summed E-state index contributed by atoms with van der Waals surface area (Å²) in [7, 11) is 0. The van der Waals surface area contributed by atoms with E-state index in [1.165, 1.54) is 12.1 Å². The number of carbonyl (C=O) groups is 1. The first-order chi connectivity index (χ1) is 14.6. The van der Waals surface area contributed by atoms with Crippen LogP contribution in [0.2, 0.25) is 0 Å². The Hall–Kier alpha value is -3.56. The number of rotatable bonds is 8. The van der Waals surface area contributed by atoms with Crippen molar-refractivity contribution in [1.29, 1.82) is 5.41 Å². The number of hydrogen-bond donors (Lipinski definition) is 3. The Kier molecular flexibility index (Phi) is 6.47. The zero-order valence-electron chi connectivity index (χ0n) is 16.5. The minimum absolute atomic E-state index is 0.0144. The second kappa shape index (κ2) is 9.07. The summed E-state index contributed by atoms with van der Waals surface area (Å²) in [4.78, 5) is 10.9. The molecule has 3 N–H and O–H groups in total. The van der Waals surface area contributed by atoms with Crippen molar-refractivity contribution in [3.63, 3.8) is 0 Å². The van der Waals surface area contributed by atoms with Crippen molar-refractivity contribution in [2.45, 2.75) is 25.4 Å². The second-order valence-corrected chi connectivity index (χ2v) is 6.96. The number of fused-ring (bicyclic) bond motifs is 1. The first kappa shape index (κ1) is 22.1. The maximum absolute atomic E-state index is 12.6. The highest BCUT2D eigenvalue weighted by molar-refractivity contribution is 6.41. The quantitative estimate of drug-likeness (QED) is 0.417. The second-order valence-electron chi connectivity index (χ2n) is 6.96. The number of nitrogens with zero attached hydrogens (tertiary/aromatic N) is 1. The van der Waals surface area contributed by atoms with Crippen LogP contribution in [0.25, 0.3) is 0 Å². The van der Waals surface area contributed by atoms with Gasteiger partial charge in [-0.05, 0) is 37.3 Å². The van der Waals surface area contributed by atoms with Crippen LogP contribution in [0.5, 0.6) is 11.5 Å². The number of hydrazone groups is 1. The molecule has 0 aliphatic carbocycles. The number of nitrogens with one attached hydrogen (secondary N) is 2. The van der Waals surface area contributed by atoms with E-state index >= 15 is 0 Å². The van der Waals surface area contributed by atoms with Crippen LogP contribution in [0, 0.1) is 5.41 Å². The van der Waals surface area contributed by atoms with E-state index < -0.39 is 17.7 Å². The van der Waals surface area contributed by atoms with Crippen LogP contribution in [0.1, 0.15) is 30.4 Å². The summed E-state index contributed by atoms with van der Waals surface area (Å²) in [6.07, 6.45) is -4.42. The molecule has 0 amide bonds. The van der Waals surface area contributed by atoms with Crippen LogP contribution in [0.3, 0.4) is 0 Å². The number of alkyl halides is 3. The molecule has 2 aromatic carbocycles. The van der Waals surface area contributed by atoms with Gasteiger partial charge in [0, 0.05) is 17.5 Å². The van der Waals surface area contributed by atoms with Gasteiger partial charge in [-0.2, -0.15) is 18.3 Å². The van der Waals surface area contributed by atoms with E-state index in [-0.39, 0.29) is 24.7 Å². The summed E-state index contributed by atoms with van der Waals surface area (Å²) in [6, 6.07) is 9.48. The molecule has 1 unspecified atom stereocenters. The van der Waals surface area contributed by atoms with E-state index in [1.54, 1.807) is 25.1 Å². The summed E-state index contributed by atoms with van der Waals surface area (Å²) in [6.45, 7) is 1.79. The minimum Gasteiger partial charge on any atom is -0.492 e. The molecule has 1 aliphatic heterocycles. The van der Waals surface area contributed by atoms with Crippen LogP contribution in [-0.4, -0.2) is 35.7 Å². The first-order valence-corrected chi connectivity index (χ1v) is 9.30. The minimum atomic E-state index is -4.41. The standard InChI is InChI=1S/C21H20F3N3O4/c1-12(26-27-15-4-2-14(3-5-15)21(22,23)24)18(25)11-30-16-6-7-17-13(8-20(28)29)10-31-19(17)9-16/h2-7,9,13,25,27H,8,10-11H2,1H3,(H,28,29)/b25-18?,26-12-. The Morgan fingerprint density at radius 1 is 1.29 bits per heavy atom. The van der Waals surface area contributed by atoms with Gasteiger partial charge in [0.2, 0.25) is 0 Å². The summed E-state index contributed by atoms with van der Waals surface area (Å²) in [5, 5.41) is 21.0. The van der Waals surface area contributed by atoms with Crippen molar-refractivity contribution >= 4 is 23.1 Å². The molecule has 0 saturated heterocycles. The van der Waals surface area contributed by atoms with Crippen LogP contribution >= 0.6 is 0 Å². The molecular formula is C21H20F3N3O4. The number of benzene rings is 2. The van der Waals surface area contributed by atoms with Gasteiger partial charge in [-0.1, -0.05) is 6.07 Å². The fraction of sp³-hybridized carbons (Fsp3) is 0.286. The SMILES string of the molecule is C/C(=N/Nc1ccc(C(F)(F)F)cc1)C(=N)COc1ccc2c(c1)OCC2CC(=O)O. The molecule has 1 aliphatic rings. The monoisotopic (exact) mass is 435 g/mol. The van der Waals surface area contributed by atoms with E-state index in [0.717, 1.165) is 17.7 Å². The molecule has 10 heteroatoms. The first-order valence-electron chi connectivity index (χ1n) is 9.30. The lowest BCUT2D eigenvalue weighted by molar-refractivity contribution is -0.138. The highest BCUT2D eigenvalue weighted by Crippen LogP contribution is 2.38. The van der Waals surface area contributed by atoms with Gasteiger partial charge in [-0.15, -0.1) is 0 Å². The van der Waals surface area contributed by atoms with Gasteiger partial charge in [0.1, 0.15) is 18.1 Å². The number of anilines is 1. The number of hydrogen-bond acceptors (Lipinski definition) is 6. The smallest absolute Gasteiger partial charge is 0.416 e. The summed E-state index contributed by atoms with van der Waals surface area (Å²) in [5.41, 5.74) is 3.40. The van der Waals surface area contributed by atoms with Crippen molar-refractivity contribution in [1.82, 2.24) is 0 Å². The molecule has 1 heterocycles. The summed E-state index contributed by atoms with van der Waals surface area (Å²) in [5.74, 6) is -0.0759. The van der Waals surface area contributed by atoms with E-state index in [4.69, 9.17) is 20.0 Å². The number of aliphatic carboxylic acids is 1. The molecular weight excluding hydrogens is 415 g/mol. The summed E-state index contributed by atoms with van der Waals surface area (Å²) >= 11 is 0. The maximum atomic E-state index is 12.6. The van der Waals surface area contributed by atoms with Gasteiger partial charge in [-0.25, -0.2) is 0 Å². The number of halogens is 3. The van der Waals surface area contributed by atoms with Gasteiger partial charge in [-0.3, -0.25) is 15.6 Å². The predicted octanol–water partition coefficient (Wildman–Crippen LogP) is 4.54. The van der Waals surface area contributed by atoms with E-state index in [0.29, 0.717) is 29.5 Å². The van der Waals surface area contributed by atoms with Crippen LogP contribution in [0.4, 0.5) is 18.9 Å². The molecule has 0 bridgehead atoms. The van der Waals surface area contributed by atoms with E-state index in [1.807, 2.05) is 0 Å². The third-order valence-electron chi connectivity index (χ3n) is 4.67. The van der Waals surface area contributed by atoms with Crippen molar-refractivity contribution in [2.24, 2.45) is 5.10 Å². The molecule has 164 valence electrons. The topological polar surface area (TPSA) is 104 Å². The molecule has 3 rings (SSSR count). The Bertz CT molecular complexity index is 1000. The van der Waals surface area contributed by atoms with Crippen molar-refractivity contribution < 1.29 is 32.5 Å². The van der Waals surface area contributed by atoms with Gasteiger partial charge < -0.3 is 14.6 Å². The molecule has 0 radical (unpaired) electrons. The average Bonchev–Trinajstić information content (AvgIpc) is 3.11. The lowest BCUT2D eigenvalue weighted by atomic mass is 9.98. The number of carboxylic acid groups (broad SMARTS) is 1. The zero-order valence-corrected chi connectivity index (χ0v) is 16.5. The Balaban J connectivity index is 1.54. The zero-order chi connectivity index (χ0) is 22.6.